The molecule has 15 heavy (non-hydrogen) atoms. The maximum Gasteiger partial charge on any atom is 0.410 e. The molecule has 1 aromatic rings. The first-order valence-electron chi connectivity index (χ1n) is 4.84. The second-order valence-corrected chi connectivity index (χ2v) is 3.47. The van der Waals surface area contributed by atoms with Gasteiger partial charge in [-0.3, -0.25) is 0 Å². The largest absolute Gasteiger partial charge is 0.435 e. The average Bonchev–Trinajstić information content (AvgIpc) is 2.71. The van der Waals surface area contributed by atoms with E-state index >= 15 is 0 Å². The number of carbonyl (C=O) groups excluding carboxylic acids is 1. The molecule has 0 N–H and O–H groups in total. The molecular formula is C8H13N5O2. The van der Waals surface area contributed by atoms with E-state index in [4.69, 9.17) is 4.74 Å². The summed E-state index contributed by atoms with van der Waals surface area (Å²) >= 11 is 0. The molecule has 0 aliphatic carbocycles. The van der Waals surface area contributed by atoms with Crippen LogP contribution in [0.5, 0.6) is 0 Å². The number of likely N-dealkylation sites (N-methyl/N-ethyl adjacent to an activating group) is 1. The van der Waals surface area contributed by atoms with Crippen molar-refractivity contribution in [1.29, 1.82) is 0 Å². The lowest BCUT2D eigenvalue weighted by Crippen LogP contribution is -2.31. The maximum atomic E-state index is 11.4. The minimum Gasteiger partial charge on any atom is -0.435 e. The van der Waals surface area contributed by atoms with Crippen LogP contribution in [0.25, 0.3) is 0 Å². The molecule has 0 saturated carbocycles. The molecule has 2 rings (SSSR count). The Morgan fingerprint density at radius 2 is 2.27 bits per heavy atom. The Morgan fingerprint density at radius 3 is 2.73 bits per heavy atom. The quantitative estimate of drug-likeness (QED) is 0.694. The van der Waals surface area contributed by atoms with Gasteiger partial charge in [0.05, 0.1) is 13.1 Å². The highest BCUT2D eigenvalue weighted by molar-refractivity contribution is 5.70. The van der Waals surface area contributed by atoms with Gasteiger partial charge in [0.15, 0.2) is 6.10 Å². The van der Waals surface area contributed by atoms with Gasteiger partial charge < -0.3 is 9.64 Å². The van der Waals surface area contributed by atoms with Crippen molar-refractivity contribution in [2.45, 2.75) is 26.0 Å². The van der Waals surface area contributed by atoms with Crippen LogP contribution in [0.2, 0.25) is 0 Å². The summed E-state index contributed by atoms with van der Waals surface area (Å²) in [4.78, 5) is 14.4. The van der Waals surface area contributed by atoms with E-state index in [-0.39, 0.29) is 12.1 Å². The average molecular weight is 211 g/mol. The van der Waals surface area contributed by atoms with Crippen molar-refractivity contribution < 1.29 is 9.53 Å². The summed E-state index contributed by atoms with van der Waals surface area (Å²) in [5.41, 5.74) is 0. The van der Waals surface area contributed by atoms with Gasteiger partial charge in [0, 0.05) is 6.54 Å². The summed E-state index contributed by atoms with van der Waals surface area (Å²) in [5, 5.41) is 11.6. The van der Waals surface area contributed by atoms with Gasteiger partial charge in [-0.1, -0.05) is 0 Å². The van der Waals surface area contributed by atoms with Gasteiger partial charge in [-0.25, -0.2) is 4.79 Å². The van der Waals surface area contributed by atoms with Crippen molar-refractivity contribution in [2.75, 3.05) is 6.54 Å². The Morgan fingerprint density at radius 1 is 1.53 bits per heavy atom. The maximum absolute atomic E-state index is 11.4. The summed E-state index contributed by atoms with van der Waals surface area (Å²) in [6.45, 7) is 4.44. The number of hydrogen-bond acceptors (Lipinski definition) is 5. The molecule has 2 heterocycles. The third kappa shape index (κ3) is 1.53. The number of rotatable bonds is 2. The van der Waals surface area contributed by atoms with E-state index in [2.05, 4.69) is 15.4 Å². The lowest BCUT2D eigenvalue weighted by Gasteiger charge is -2.16. The van der Waals surface area contributed by atoms with Crippen LogP contribution < -0.4 is 0 Å². The van der Waals surface area contributed by atoms with Gasteiger partial charge in [-0.05, 0) is 19.1 Å². The number of aromatic nitrogens is 4. The molecular weight excluding hydrogens is 198 g/mol. The topological polar surface area (TPSA) is 73.1 Å². The van der Waals surface area contributed by atoms with Crippen LogP contribution in [0.4, 0.5) is 4.79 Å². The van der Waals surface area contributed by atoms with E-state index in [1.807, 2.05) is 13.8 Å². The summed E-state index contributed by atoms with van der Waals surface area (Å²) in [5.74, 6) is 0.453. The van der Waals surface area contributed by atoms with Crippen LogP contribution in [0.1, 0.15) is 25.8 Å². The Balaban J connectivity index is 2.22. The first-order chi connectivity index (χ1) is 7.13. The van der Waals surface area contributed by atoms with Gasteiger partial charge in [-0.15, -0.1) is 10.2 Å². The van der Waals surface area contributed by atoms with E-state index < -0.39 is 6.10 Å². The minimum atomic E-state index is -0.411. The van der Waals surface area contributed by atoms with Gasteiger partial charge in [0.1, 0.15) is 0 Å². The van der Waals surface area contributed by atoms with E-state index in [0.29, 0.717) is 12.4 Å². The van der Waals surface area contributed by atoms with Crippen LogP contribution in [0.3, 0.4) is 0 Å². The highest BCUT2D eigenvalue weighted by Gasteiger charge is 2.41. The highest BCUT2D eigenvalue weighted by Crippen LogP contribution is 2.29. The van der Waals surface area contributed by atoms with Gasteiger partial charge in [0.2, 0.25) is 5.82 Å². The predicted molar refractivity (Wildman–Crippen MR) is 49.9 cm³/mol. The number of aryl methyl sites for hydroxylation is 1. The minimum absolute atomic E-state index is 0.0494. The smallest absolute Gasteiger partial charge is 0.410 e. The summed E-state index contributed by atoms with van der Waals surface area (Å²) in [6.07, 6.45) is -0.728. The standard InChI is InChI=1S/C8H13N5O2/c1-4-13-5(2)6(15-8(13)14)7-9-11-12(3)10-7/h5-6H,4H2,1-3H3/t5-,6-/m0/s1. The fourth-order valence-electron chi connectivity index (χ4n) is 1.70. The second kappa shape index (κ2) is 3.48. The van der Waals surface area contributed by atoms with Crippen LogP contribution in [-0.4, -0.2) is 43.8 Å². The lowest BCUT2D eigenvalue weighted by molar-refractivity contribution is 0.126. The molecule has 0 spiro atoms. The zero-order valence-electron chi connectivity index (χ0n) is 8.91. The molecule has 0 bridgehead atoms. The summed E-state index contributed by atoms with van der Waals surface area (Å²) in [6, 6.07) is -0.0494. The Kier molecular flexibility index (Phi) is 2.29. The van der Waals surface area contributed by atoms with E-state index in [1.165, 1.54) is 4.80 Å². The predicted octanol–water partition coefficient (Wildman–Crippen LogP) is 0.112. The van der Waals surface area contributed by atoms with Crippen LogP contribution in [-0.2, 0) is 11.8 Å². The second-order valence-electron chi connectivity index (χ2n) is 3.47. The third-order valence-corrected chi connectivity index (χ3v) is 2.51. The molecule has 1 aromatic heterocycles. The number of amides is 1. The number of ether oxygens (including phenoxy) is 1. The Bertz CT molecular complexity index is 377. The number of cyclic esters (lactones) is 1. The van der Waals surface area contributed by atoms with Crippen LogP contribution >= 0.6 is 0 Å². The SMILES string of the molecule is CCN1C(=O)O[C@H](c2nnn(C)n2)[C@@H]1C. The molecule has 2 atom stereocenters. The summed E-state index contributed by atoms with van der Waals surface area (Å²) in [7, 11) is 1.68. The van der Waals surface area contributed by atoms with Crippen molar-refractivity contribution in [3.05, 3.63) is 5.82 Å². The molecule has 1 fully saturated rings. The zero-order chi connectivity index (χ0) is 11.0. The number of hydrogen-bond donors (Lipinski definition) is 0. The monoisotopic (exact) mass is 211 g/mol. The van der Waals surface area contributed by atoms with Crippen molar-refractivity contribution >= 4 is 6.09 Å². The molecule has 0 aromatic carbocycles. The molecule has 1 amide bonds. The molecule has 1 saturated heterocycles. The molecule has 0 radical (unpaired) electrons. The fraction of sp³-hybridized carbons (Fsp3) is 0.750. The van der Waals surface area contributed by atoms with Crippen LogP contribution in [0, 0.1) is 0 Å². The normalized spacial score (nSPS) is 25.8. The lowest BCUT2D eigenvalue weighted by atomic mass is 10.2. The molecule has 82 valence electrons. The van der Waals surface area contributed by atoms with Gasteiger partial charge >= 0.3 is 6.09 Å². The van der Waals surface area contributed by atoms with Gasteiger partial charge in [0.25, 0.3) is 0 Å². The van der Waals surface area contributed by atoms with E-state index in [1.54, 1.807) is 11.9 Å². The molecule has 0 unspecified atom stereocenters. The Labute approximate surface area is 87.0 Å². The van der Waals surface area contributed by atoms with Crippen molar-refractivity contribution in [2.24, 2.45) is 7.05 Å². The zero-order valence-corrected chi connectivity index (χ0v) is 8.91. The van der Waals surface area contributed by atoms with E-state index in [0.717, 1.165) is 0 Å². The first kappa shape index (κ1) is 9.88. The fourth-order valence-corrected chi connectivity index (χ4v) is 1.70. The van der Waals surface area contributed by atoms with E-state index in [9.17, 15) is 4.79 Å². The van der Waals surface area contributed by atoms with Gasteiger partial charge in [-0.2, -0.15) is 4.80 Å². The summed E-state index contributed by atoms with van der Waals surface area (Å²) < 4.78 is 5.19. The van der Waals surface area contributed by atoms with Crippen molar-refractivity contribution in [3.8, 4) is 0 Å². The highest BCUT2D eigenvalue weighted by atomic mass is 16.6. The van der Waals surface area contributed by atoms with Crippen LogP contribution in [0.15, 0.2) is 0 Å². The van der Waals surface area contributed by atoms with Crippen molar-refractivity contribution in [1.82, 2.24) is 25.1 Å². The number of carbonyl (C=O) groups is 1. The first-order valence-corrected chi connectivity index (χ1v) is 4.84. The molecule has 1 aliphatic heterocycles. The number of nitrogens with zero attached hydrogens (tertiary/aromatic N) is 5. The third-order valence-electron chi connectivity index (χ3n) is 2.51. The molecule has 7 nitrogen and oxygen atoms in total. The Hall–Kier alpha value is -1.66. The molecule has 1 aliphatic rings. The molecule has 7 heteroatoms. The van der Waals surface area contributed by atoms with Crippen molar-refractivity contribution in [3.63, 3.8) is 0 Å². The number of tetrazole rings is 1.